The van der Waals surface area contributed by atoms with Gasteiger partial charge in [0.15, 0.2) is 17.5 Å². The maximum atomic E-state index is 11.6. The highest BCUT2D eigenvalue weighted by Crippen LogP contribution is 2.28. The molecule has 1 unspecified atom stereocenters. The second-order valence-corrected chi connectivity index (χ2v) is 3.29. The van der Waals surface area contributed by atoms with Gasteiger partial charge in [0.25, 0.3) is 0 Å². The van der Waals surface area contributed by atoms with Crippen molar-refractivity contribution in [2.24, 2.45) is 5.92 Å². The van der Waals surface area contributed by atoms with Crippen molar-refractivity contribution in [3.63, 3.8) is 0 Å². The number of aryl methyl sites for hydroxylation is 1. The molecule has 68 valence electrons. The SMILES string of the molecule is Cc1cccc2c1C(=O)C(C#N)C2=O. The van der Waals surface area contributed by atoms with Crippen LogP contribution >= 0.6 is 0 Å². The summed E-state index contributed by atoms with van der Waals surface area (Å²) in [5.74, 6) is -1.84. The van der Waals surface area contributed by atoms with Crippen LogP contribution in [0.2, 0.25) is 0 Å². The molecule has 0 fully saturated rings. The molecule has 0 N–H and O–H groups in total. The van der Waals surface area contributed by atoms with Crippen LogP contribution < -0.4 is 0 Å². The Morgan fingerprint density at radius 1 is 1.29 bits per heavy atom. The molecule has 0 heterocycles. The standard InChI is InChI=1S/C11H7NO2/c1-6-3-2-4-7-9(6)11(14)8(5-12)10(7)13/h2-4,8H,1H3. The maximum Gasteiger partial charge on any atom is 0.188 e. The van der Waals surface area contributed by atoms with Gasteiger partial charge in [0.1, 0.15) is 0 Å². The zero-order valence-electron chi connectivity index (χ0n) is 7.57. The van der Waals surface area contributed by atoms with E-state index in [4.69, 9.17) is 5.26 Å². The summed E-state index contributed by atoms with van der Waals surface area (Å²) in [5.41, 5.74) is 1.57. The first kappa shape index (κ1) is 8.64. The Balaban J connectivity index is 2.72. The van der Waals surface area contributed by atoms with Crippen LogP contribution in [0.25, 0.3) is 0 Å². The van der Waals surface area contributed by atoms with E-state index in [1.54, 1.807) is 31.2 Å². The normalized spacial score (nSPS) is 19.3. The van der Waals surface area contributed by atoms with Crippen LogP contribution in [0.3, 0.4) is 0 Å². The Morgan fingerprint density at radius 3 is 2.57 bits per heavy atom. The number of Topliss-reactive ketones (excluding diaryl/α,β-unsaturated/α-hetero) is 2. The minimum Gasteiger partial charge on any atom is -0.292 e. The Bertz CT molecular complexity index is 483. The van der Waals surface area contributed by atoms with Gasteiger partial charge in [-0.3, -0.25) is 9.59 Å². The van der Waals surface area contributed by atoms with Crippen LogP contribution in [0.15, 0.2) is 18.2 Å². The van der Waals surface area contributed by atoms with Crippen LogP contribution in [-0.4, -0.2) is 11.6 Å². The molecule has 3 heteroatoms. The lowest BCUT2D eigenvalue weighted by atomic mass is 10.0. The van der Waals surface area contributed by atoms with Crippen molar-refractivity contribution in [2.45, 2.75) is 6.92 Å². The zero-order chi connectivity index (χ0) is 10.3. The summed E-state index contributed by atoms with van der Waals surface area (Å²) >= 11 is 0. The quantitative estimate of drug-likeness (QED) is 0.575. The van der Waals surface area contributed by atoms with Crippen molar-refractivity contribution < 1.29 is 9.59 Å². The molecule has 0 saturated carbocycles. The molecule has 0 radical (unpaired) electrons. The van der Waals surface area contributed by atoms with Crippen molar-refractivity contribution >= 4 is 11.6 Å². The Kier molecular flexibility index (Phi) is 1.71. The van der Waals surface area contributed by atoms with Crippen molar-refractivity contribution in [1.29, 1.82) is 5.26 Å². The third-order valence-electron chi connectivity index (χ3n) is 2.44. The molecule has 0 aliphatic heterocycles. The Hall–Kier alpha value is -1.95. The molecule has 1 atom stereocenters. The lowest BCUT2D eigenvalue weighted by Gasteiger charge is -1.98. The van der Waals surface area contributed by atoms with E-state index in [-0.39, 0.29) is 11.6 Å². The summed E-state index contributed by atoms with van der Waals surface area (Å²) in [6, 6.07) is 6.82. The summed E-state index contributed by atoms with van der Waals surface area (Å²) in [5, 5.41) is 8.68. The lowest BCUT2D eigenvalue weighted by Crippen LogP contribution is -2.12. The average molecular weight is 185 g/mol. The predicted octanol–water partition coefficient (Wildman–Crippen LogP) is 1.51. The highest BCUT2D eigenvalue weighted by molar-refractivity contribution is 6.28. The van der Waals surface area contributed by atoms with Crippen LogP contribution in [0.5, 0.6) is 0 Å². The van der Waals surface area contributed by atoms with E-state index in [1.807, 2.05) is 0 Å². The fourth-order valence-electron chi connectivity index (χ4n) is 1.74. The third kappa shape index (κ3) is 0.912. The number of hydrogen-bond acceptors (Lipinski definition) is 3. The topological polar surface area (TPSA) is 57.9 Å². The van der Waals surface area contributed by atoms with Crippen LogP contribution in [0.4, 0.5) is 0 Å². The van der Waals surface area contributed by atoms with Crippen molar-refractivity contribution in [3.05, 3.63) is 34.9 Å². The van der Waals surface area contributed by atoms with Crippen molar-refractivity contribution in [1.82, 2.24) is 0 Å². The van der Waals surface area contributed by atoms with E-state index in [0.29, 0.717) is 11.1 Å². The number of nitriles is 1. The zero-order valence-corrected chi connectivity index (χ0v) is 7.57. The maximum absolute atomic E-state index is 11.6. The number of carbonyl (C=O) groups is 2. The minimum absolute atomic E-state index is 0.356. The molecule has 1 aromatic carbocycles. The number of rotatable bonds is 0. The van der Waals surface area contributed by atoms with Gasteiger partial charge in [0.05, 0.1) is 6.07 Å². The molecule has 0 saturated heterocycles. The number of nitrogens with zero attached hydrogens (tertiary/aromatic N) is 1. The van der Waals surface area contributed by atoms with E-state index in [9.17, 15) is 9.59 Å². The van der Waals surface area contributed by atoms with Gasteiger partial charge in [-0.15, -0.1) is 0 Å². The molecule has 1 aromatic rings. The van der Waals surface area contributed by atoms with Gasteiger partial charge in [-0.25, -0.2) is 0 Å². The summed E-state index contributed by atoms with van der Waals surface area (Å²) in [6.45, 7) is 1.77. The van der Waals surface area contributed by atoms with Crippen LogP contribution in [0.1, 0.15) is 26.3 Å². The molecule has 0 amide bonds. The number of ketones is 2. The van der Waals surface area contributed by atoms with E-state index >= 15 is 0 Å². The number of hydrogen-bond donors (Lipinski definition) is 0. The first-order valence-corrected chi connectivity index (χ1v) is 4.24. The molecular formula is C11H7NO2. The van der Waals surface area contributed by atoms with Gasteiger partial charge in [-0.2, -0.15) is 5.26 Å². The minimum atomic E-state index is -1.12. The van der Waals surface area contributed by atoms with Gasteiger partial charge in [-0.1, -0.05) is 18.2 Å². The number of benzene rings is 1. The lowest BCUT2D eigenvalue weighted by molar-refractivity contribution is 0.0876. The first-order chi connectivity index (χ1) is 6.66. The smallest absolute Gasteiger partial charge is 0.188 e. The number of carbonyl (C=O) groups excluding carboxylic acids is 2. The molecule has 1 aliphatic rings. The number of fused-ring (bicyclic) bond motifs is 1. The van der Waals surface area contributed by atoms with Gasteiger partial charge < -0.3 is 0 Å². The molecule has 14 heavy (non-hydrogen) atoms. The molecule has 0 bridgehead atoms. The molecule has 0 spiro atoms. The van der Waals surface area contributed by atoms with E-state index in [1.165, 1.54) is 0 Å². The highest BCUT2D eigenvalue weighted by atomic mass is 16.2. The summed E-state index contributed by atoms with van der Waals surface area (Å²) in [4.78, 5) is 23.2. The Morgan fingerprint density at radius 2 is 2.00 bits per heavy atom. The van der Waals surface area contributed by atoms with Gasteiger partial charge >= 0.3 is 0 Å². The fourth-order valence-corrected chi connectivity index (χ4v) is 1.74. The second kappa shape index (κ2) is 2.78. The van der Waals surface area contributed by atoms with Crippen LogP contribution in [0, 0.1) is 24.2 Å². The monoisotopic (exact) mass is 185 g/mol. The summed E-state index contributed by atoms with van der Waals surface area (Å²) < 4.78 is 0. The van der Waals surface area contributed by atoms with E-state index in [2.05, 4.69) is 0 Å². The summed E-state index contributed by atoms with van der Waals surface area (Å²) in [6.07, 6.45) is 0. The first-order valence-electron chi connectivity index (χ1n) is 4.24. The van der Waals surface area contributed by atoms with Crippen LogP contribution in [-0.2, 0) is 0 Å². The molecule has 3 nitrogen and oxygen atoms in total. The van der Waals surface area contributed by atoms with Gasteiger partial charge in [-0.05, 0) is 12.5 Å². The largest absolute Gasteiger partial charge is 0.292 e. The van der Waals surface area contributed by atoms with E-state index in [0.717, 1.165) is 5.56 Å². The second-order valence-electron chi connectivity index (χ2n) is 3.29. The summed E-state index contributed by atoms with van der Waals surface area (Å²) in [7, 11) is 0. The van der Waals surface area contributed by atoms with E-state index < -0.39 is 5.92 Å². The fraction of sp³-hybridized carbons (Fsp3) is 0.182. The van der Waals surface area contributed by atoms with Gasteiger partial charge in [0, 0.05) is 11.1 Å². The predicted molar refractivity (Wildman–Crippen MR) is 48.9 cm³/mol. The third-order valence-corrected chi connectivity index (χ3v) is 2.44. The average Bonchev–Trinajstić information content (AvgIpc) is 2.41. The molecule has 0 aromatic heterocycles. The molecule has 2 rings (SSSR count). The molecular weight excluding hydrogens is 178 g/mol. The van der Waals surface area contributed by atoms with Crippen molar-refractivity contribution in [2.75, 3.05) is 0 Å². The molecule has 1 aliphatic carbocycles. The Labute approximate surface area is 81.0 Å². The van der Waals surface area contributed by atoms with Crippen molar-refractivity contribution in [3.8, 4) is 6.07 Å². The highest BCUT2D eigenvalue weighted by Gasteiger charge is 2.39. The van der Waals surface area contributed by atoms with Gasteiger partial charge in [0.2, 0.25) is 0 Å².